The third kappa shape index (κ3) is 1.61. The molecule has 0 heterocycles. The minimum absolute atomic E-state index is 0.543. The topological polar surface area (TPSA) is 9.23 Å². The van der Waals surface area contributed by atoms with E-state index in [0.29, 0.717) is 17.6 Å². The van der Waals surface area contributed by atoms with Crippen molar-refractivity contribution in [1.82, 2.24) is 0 Å². The van der Waals surface area contributed by atoms with Crippen LogP contribution in [0.4, 0.5) is 0 Å². The van der Waals surface area contributed by atoms with Crippen LogP contribution in [0, 0.1) is 23.2 Å². The smallest absolute Gasteiger partial charge is 0.0607 e. The minimum atomic E-state index is 0.543. The first kappa shape index (κ1) is 10.8. The van der Waals surface area contributed by atoms with Crippen LogP contribution in [0.15, 0.2) is 0 Å². The molecule has 5 aliphatic rings. The molecule has 0 amide bonds. The third-order valence-electron chi connectivity index (χ3n) is 6.53. The van der Waals surface area contributed by atoms with E-state index in [9.17, 15) is 0 Å². The van der Waals surface area contributed by atoms with E-state index in [-0.39, 0.29) is 0 Å². The molecule has 1 nitrogen and oxygen atoms in total. The first-order chi connectivity index (χ1) is 8.25. The Hall–Kier alpha value is -0.0400. The Balaban J connectivity index is 1.47. The number of hydrogen-bond donors (Lipinski definition) is 0. The molecule has 0 N–H and O–H groups in total. The van der Waals surface area contributed by atoms with Crippen molar-refractivity contribution in [1.29, 1.82) is 0 Å². The summed E-state index contributed by atoms with van der Waals surface area (Å²) >= 11 is 0. The van der Waals surface area contributed by atoms with Crippen LogP contribution in [0.1, 0.15) is 64.7 Å². The largest absolute Gasteiger partial charge is 0.375 e. The Morgan fingerprint density at radius 2 is 1.65 bits per heavy atom. The van der Waals surface area contributed by atoms with Gasteiger partial charge < -0.3 is 4.74 Å². The van der Waals surface area contributed by atoms with Crippen LogP contribution in [-0.2, 0) is 4.74 Å². The van der Waals surface area contributed by atoms with Crippen molar-refractivity contribution in [2.75, 3.05) is 0 Å². The molecular weight excluding hydrogens is 208 g/mol. The lowest BCUT2D eigenvalue weighted by molar-refractivity contribution is -0.0906. The zero-order valence-electron chi connectivity index (χ0n) is 11.2. The molecule has 3 unspecified atom stereocenters. The van der Waals surface area contributed by atoms with Crippen LogP contribution in [0.2, 0.25) is 0 Å². The summed E-state index contributed by atoms with van der Waals surface area (Å²) in [5.41, 5.74) is 0.610. The Bertz CT molecular complexity index is 285. The fourth-order valence-corrected chi connectivity index (χ4v) is 5.83. The van der Waals surface area contributed by atoms with Gasteiger partial charge in [-0.05, 0) is 75.0 Å². The van der Waals surface area contributed by atoms with Gasteiger partial charge in [0.15, 0.2) is 0 Å². The van der Waals surface area contributed by atoms with Gasteiger partial charge in [0.25, 0.3) is 0 Å². The second-order valence-electron chi connectivity index (χ2n) is 7.52. The van der Waals surface area contributed by atoms with Crippen LogP contribution in [-0.4, -0.2) is 12.2 Å². The van der Waals surface area contributed by atoms with Gasteiger partial charge in [0.05, 0.1) is 12.2 Å². The second kappa shape index (κ2) is 3.73. The molecule has 4 bridgehead atoms. The molecule has 5 fully saturated rings. The van der Waals surface area contributed by atoms with E-state index in [1.54, 1.807) is 12.8 Å². The maximum atomic E-state index is 6.44. The fraction of sp³-hybridized carbons (Fsp3) is 1.00. The van der Waals surface area contributed by atoms with Gasteiger partial charge >= 0.3 is 0 Å². The Kier molecular flexibility index (Phi) is 2.38. The van der Waals surface area contributed by atoms with Gasteiger partial charge in [-0.3, -0.25) is 0 Å². The zero-order valence-corrected chi connectivity index (χ0v) is 11.2. The van der Waals surface area contributed by atoms with E-state index >= 15 is 0 Å². The second-order valence-corrected chi connectivity index (χ2v) is 7.52. The molecule has 5 aliphatic carbocycles. The minimum Gasteiger partial charge on any atom is -0.375 e. The van der Waals surface area contributed by atoms with E-state index in [2.05, 4.69) is 6.92 Å². The number of hydrogen-bond acceptors (Lipinski definition) is 1. The molecule has 5 saturated carbocycles. The van der Waals surface area contributed by atoms with Gasteiger partial charge in [0, 0.05) is 0 Å². The molecule has 3 atom stereocenters. The monoisotopic (exact) mass is 234 g/mol. The van der Waals surface area contributed by atoms with Gasteiger partial charge in [-0.25, -0.2) is 0 Å². The van der Waals surface area contributed by atoms with E-state index in [4.69, 9.17) is 4.74 Å². The van der Waals surface area contributed by atoms with Gasteiger partial charge in [0.2, 0.25) is 0 Å². The van der Waals surface area contributed by atoms with Gasteiger partial charge in [-0.2, -0.15) is 0 Å². The summed E-state index contributed by atoms with van der Waals surface area (Å²) in [6.07, 6.45) is 14.2. The summed E-state index contributed by atoms with van der Waals surface area (Å²) in [5.74, 6) is 3.24. The van der Waals surface area contributed by atoms with Crippen LogP contribution in [0.5, 0.6) is 0 Å². The molecule has 17 heavy (non-hydrogen) atoms. The van der Waals surface area contributed by atoms with E-state index in [1.807, 2.05) is 0 Å². The summed E-state index contributed by atoms with van der Waals surface area (Å²) in [6, 6.07) is 0. The highest BCUT2D eigenvalue weighted by Gasteiger charge is 2.58. The molecule has 96 valence electrons. The van der Waals surface area contributed by atoms with Crippen molar-refractivity contribution in [3.63, 3.8) is 0 Å². The molecule has 5 rings (SSSR count). The average Bonchev–Trinajstić information content (AvgIpc) is 2.94. The molecule has 0 aromatic rings. The van der Waals surface area contributed by atoms with Crippen LogP contribution >= 0.6 is 0 Å². The highest BCUT2D eigenvalue weighted by molar-refractivity contribution is 5.08. The molecule has 0 aliphatic heterocycles. The van der Waals surface area contributed by atoms with Crippen molar-refractivity contribution < 1.29 is 4.74 Å². The van der Waals surface area contributed by atoms with Crippen LogP contribution in [0.3, 0.4) is 0 Å². The highest BCUT2D eigenvalue weighted by atomic mass is 16.5. The lowest BCUT2D eigenvalue weighted by atomic mass is 9.66. The maximum Gasteiger partial charge on any atom is 0.0607 e. The number of ether oxygens (including phenoxy) is 1. The van der Waals surface area contributed by atoms with Crippen LogP contribution in [0.25, 0.3) is 0 Å². The van der Waals surface area contributed by atoms with Gasteiger partial charge in [-0.15, -0.1) is 0 Å². The van der Waals surface area contributed by atoms with Crippen LogP contribution < -0.4 is 0 Å². The summed E-state index contributed by atoms with van der Waals surface area (Å²) in [7, 11) is 0. The van der Waals surface area contributed by atoms with Crippen molar-refractivity contribution in [3.8, 4) is 0 Å². The predicted molar refractivity (Wildman–Crippen MR) is 68.8 cm³/mol. The molecule has 0 aromatic heterocycles. The molecule has 0 radical (unpaired) electrons. The summed E-state index contributed by atoms with van der Waals surface area (Å²) in [5, 5.41) is 0. The van der Waals surface area contributed by atoms with Crippen molar-refractivity contribution in [3.05, 3.63) is 0 Å². The predicted octanol–water partition coefficient (Wildman–Crippen LogP) is 4.16. The zero-order chi connectivity index (χ0) is 11.5. The quantitative estimate of drug-likeness (QED) is 0.712. The summed E-state index contributed by atoms with van der Waals surface area (Å²) in [4.78, 5) is 0. The molecule has 0 spiro atoms. The molecule has 0 saturated heterocycles. The Labute approximate surface area is 105 Å². The first-order valence-electron chi connectivity index (χ1n) is 7.91. The fourth-order valence-electron chi connectivity index (χ4n) is 5.83. The normalized spacial score (nSPS) is 50.3. The molecule has 1 heteroatoms. The standard InChI is InChI=1S/C16H26O/c1-11(17-15-4-2-3-5-15)16-8-12-6-13(9-16)14(7-12)10-16/h11-15H,2-10H2,1H3. The SMILES string of the molecule is CC(OC1CCCC1)C12CC3CC(C1)C(C3)C2. The summed E-state index contributed by atoms with van der Waals surface area (Å²) in [6.45, 7) is 2.39. The Morgan fingerprint density at radius 3 is 2.24 bits per heavy atom. The van der Waals surface area contributed by atoms with E-state index in [1.165, 1.54) is 44.9 Å². The van der Waals surface area contributed by atoms with Crippen molar-refractivity contribution >= 4 is 0 Å². The summed E-state index contributed by atoms with van der Waals surface area (Å²) < 4.78 is 6.44. The van der Waals surface area contributed by atoms with E-state index in [0.717, 1.165) is 17.8 Å². The molecular formula is C16H26O. The lowest BCUT2D eigenvalue weighted by Crippen LogP contribution is -2.40. The first-order valence-corrected chi connectivity index (χ1v) is 7.91. The highest BCUT2D eigenvalue weighted by Crippen LogP contribution is 2.65. The number of rotatable bonds is 3. The maximum absolute atomic E-state index is 6.44. The van der Waals surface area contributed by atoms with Crippen molar-refractivity contribution in [2.45, 2.75) is 76.9 Å². The van der Waals surface area contributed by atoms with Gasteiger partial charge in [-0.1, -0.05) is 12.8 Å². The lowest BCUT2D eigenvalue weighted by Gasteiger charge is -2.43. The Morgan fingerprint density at radius 1 is 1.00 bits per heavy atom. The van der Waals surface area contributed by atoms with Gasteiger partial charge in [0.1, 0.15) is 0 Å². The molecule has 0 aromatic carbocycles. The third-order valence-corrected chi connectivity index (χ3v) is 6.53. The van der Waals surface area contributed by atoms with E-state index < -0.39 is 0 Å². The average molecular weight is 234 g/mol. The van der Waals surface area contributed by atoms with Crippen molar-refractivity contribution in [2.24, 2.45) is 23.2 Å².